The van der Waals surface area contributed by atoms with Gasteiger partial charge in [0.25, 0.3) is 0 Å². The van der Waals surface area contributed by atoms with Crippen LogP contribution in [0.15, 0.2) is 91.0 Å². The number of aromatic nitrogens is 2. The lowest BCUT2D eigenvalue weighted by atomic mass is 10.1. The third kappa shape index (κ3) is 3.33. The van der Waals surface area contributed by atoms with Gasteiger partial charge in [0.1, 0.15) is 0 Å². The Morgan fingerprint density at radius 2 is 0.622 bits per heavy atom. The SMILES string of the molecule is Cc1cc(-n2c3ccc(C)cc3c3cc(C)ccc32)cc(-n2c3ccc(C)cc3c3cc(C)ccc32)c1. The maximum atomic E-state index is 2.43. The first-order chi connectivity index (χ1) is 17.9. The normalized spacial score (nSPS) is 11.9. The molecule has 2 heteroatoms. The molecular formula is C35H30N2. The predicted octanol–water partition coefficient (Wildman–Crippen LogP) is 9.42. The molecule has 0 radical (unpaired) electrons. The highest BCUT2D eigenvalue weighted by atomic mass is 15.0. The van der Waals surface area contributed by atoms with Crippen molar-refractivity contribution < 1.29 is 0 Å². The molecule has 0 amide bonds. The van der Waals surface area contributed by atoms with E-state index >= 15 is 0 Å². The molecule has 0 aliphatic heterocycles. The van der Waals surface area contributed by atoms with Gasteiger partial charge in [-0.2, -0.15) is 0 Å². The molecule has 2 aromatic heterocycles. The van der Waals surface area contributed by atoms with Crippen LogP contribution in [0.2, 0.25) is 0 Å². The van der Waals surface area contributed by atoms with Crippen LogP contribution in [0.5, 0.6) is 0 Å². The quantitative estimate of drug-likeness (QED) is 0.234. The molecule has 5 aromatic carbocycles. The summed E-state index contributed by atoms with van der Waals surface area (Å²) in [6, 6.07) is 34.2. The Bertz CT molecular complexity index is 1770. The molecule has 7 aromatic rings. The van der Waals surface area contributed by atoms with E-state index in [4.69, 9.17) is 0 Å². The van der Waals surface area contributed by atoms with E-state index in [1.807, 2.05) is 0 Å². The number of fused-ring (bicyclic) bond motifs is 6. The van der Waals surface area contributed by atoms with Crippen molar-refractivity contribution >= 4 is 43.6 Å². The van der Waals surface area contributed by atoms with Crippen molar-refractivity contribution in [2.24, 2.45) is 0 Å². The fourth-order valence-electron chi connectivity index (χ4n) is 6.06. The van der Waals surface area contributed by atoms with Gasteiger partial charge in [0.05, 0.1) is 22.1 Å². The fraction of sp³-hybridized carbons (Fsp3) is 0.143. The van der Waals surface area contributed by atoms with Gasteiger partial charge in [-0.05, 0) is 107 Å². The van der Waals surface area contributed by atoms with E-state index in [9.17, 15) is 0 Å². The Kier molecular flexibility index (Phi) is 4.65. The molecule has 0 N–H and O–H groups in total. The van der Waals surface area contributed by atoms with E-state index < -0.39 is 0 Å². The first-order valence-electron chi connectivity index (χ1n) is 13.0. The van der Waals surface area contributed by atoms with Crippen LogP contribution in [0, 0.1) is 34.6 Å². The van der Waals surface area contributed by atoms with Gasteiger partial charge in [-0.1, -0.05) is 46.5 Å². The molecule has 0 saturated heterocycles. The average molecular weight is 479 g/mol. The standard InChI is InChI=1S/C35H30N2/c1-21-6-10-32-28(16-21)29-17-22(2)7-11-33(29)36(32)26-14-25(5)15-27(20-26)37-34-12-8-23(3)18-30(34)31-19-24(4)9-13-35(31)37/h6-20H,1-5H3. The molecule has 180 valence electrons. The molecule has 0 fully saturated rings. The third-order valence-corrected chi connectivity index (χ3v) is 7.72. The van der Waals surface area contributed by atoms with Crippen LogP contribution in [0.3, 0.4) is 0 Å². The van der Waals surface area contributed by atoms with Gasteiger partial charge in [-0.25, -0.2) is 0 Å². The molecule has 0 unspecified atom stereocenters. The molecule has 0 bridgehead atoms. The van der Waals surface area contributed by atoms with Crippen LogP contribution in [-0.4, -0.2) is 9.13 Å². The van der Waals surface area contributed by atoms with E-state index in [1.54, 1.807) is 0 Å². The highest BCUT2D eigenvalue weighted by Gasteiger charge is 2.17. The van der Waals surface area contributed by atoms with Crippen LogP contribution in [-0.2, 0) is 0 Å². The highest BCUT2D eigenvalue weighted by Crippen LogP contribution is 2.37. The zero-order valence-electron chi connectivity index (χ0n) is 22.1. The minimum Gasteiger partial charge on any atom is -0.309 e. The van der Waals surface area contributed by atoms with Crippen LogP contribution in [0.4, 0.5) is 0 Å². The summed E-state index contributed by atoms with van der Waals surface area (Å²) < 4.78 is 4.87. The van der Waals surface area contributed by atoms with Crippen molar-refractivity contribution in [3.8, 4) is 11.4 Å². The topological polar surface area (TPSA) is 9.86 Å². The van der Waals surface area contributed by atoms with Crippen molar-refractivity contribution in [1.29, 1.82) is 0 Å². The first kappa shape index (κ1) is 21.9. The summed E-state index contributed by atoms with van der Waals surface area (Å²) in [6.07, 6.45) is 0. The number of benzene rings is 5. The Balaban J connectivity index is 1.57. The number of rotatable bonds is 2. The van der Waals surface area contributed by atoms with Gasteiger partial charge in [-0.15, -0.1) is 0 Å². The summed E-state index contributed by atoms with van der Waals surface area (Å²) in [5.74, 6) is 0. The second-order valence-corrected chi connectivity index (χ2v) is 10.8. The van der Waals surface area contributed by atoms with Crippen molar-refractivity contribution in [3.05, 3.63) is 119 Å². The van der Waals surface area contributed by atoms with E-state index in [1.165, 1.54) is 82.8 Å². The summed E-state index contributed by atoms with van der Waals surface area (Å²) in [7, 11) is 0. The van der Waals surface area contributed by atoms with E-state index in [2.05, 4.69) is 135 Å². The monoisotopic (exact) mass is 478 g/mol. The summed E-state index contributed by atoms with van der Waals surface area (Å²) >= 11 is 0. The summed E-state index contributed by atoms with van der Waals surface area (Å²) in [5.41, 5.74) is 13.8. The van der Waals surface area contributed by atoms with Gasteiger partial charge in [-0.3, -0.25) is 0 Å². The predicted molar refractivity (Wildman–Crippen MR) is 159 cm³/mol. The van der Waals surface area contributed by atoms with E-state index in [0.29, 0.717) is 0 Å². The van der Waals surface area contributed by atoms with E-state index in [-0.39, 0.29) is 0 Å². The van der Waals surface area contributed by atoms with Crippen molar-refractivity contribution in [2.75, 3.05) is 0 Å². The van der Waals surface area contributed by atoms with Crippen LogP contribution < -0.4 is 0 Å². The van der Waals surface area contributed by atoms with Crippen LogP contribution >= 0.6 is 0 Å². The Morgan fingerprint density at radius 1 is 0.324 bits per heavy atom. The maximum Gasteiger partial charge on any atom is 0.0541 e. The molecule has 0 atom stereocenters. The van der Waals surface area contributed by atoms with E-state index in [0.717, 1.165) is 0 Å². The van der Waals surface area contributed by atoms with Gasteiger partial charge in [0.15, 0.2) is 0 Å². The minimum atomic E-state index is 1.19. The Labute approximate surface area is 217 Å². The van der Waals surface area contributed by atoms with Gasteiger partial charge < -0.3 is 9.13 Å². The largest absolute Gasteiger partial charge is 0.309 e. The smallest absolute Gasteiger partial charge is 0.0541 e. The van der Waals surface area contributed by atoms with Crippen molar-refractivity contribution in [2.45, 2.75) is 34.6 Å². The number of nitrogens with zero attached hydrogens (tertiary/aromatic N) is 2. The molecule has 37 heavy (non-hydrogen) atoms. The van der Waals surface area contributed by atoms with Crippen molar-refractivity contribution in [1.82, 2.24) is 9.13 Å². The second kappa shape index (κ2) is 7.85. The van der Waals surface area contributed by atoms with Crippen LogP contribution in [0.1, 0.15) is 27.8 Å². The second-order valence-electron chi connectivity index (χ2n) is 10.8. The minimum absolute atomic E-state index is 1.19. The van der Waals surface area contributed by atoms with Gasteiger partial charge in [0.2, 0.25) is 0 Å². The van der Waals surface area contributed by atoms with Crippen LogP contribution in [0.25, 0.3) is 55.0 Å². The first-order valence-corrected chi connectivity index (χ1v) is 13.0. The fourth-order valence-corrected chi connectivity index (χ4v) is 6.06. The third-order valence-electron chi connectivity index (χ3n) is 7.72. The lowest BCUT2D eigenvalue weighted by Gasteiger charge is -2.14. The lowest BCUT2D eigenvalue weighted by molar-refractivity contribution is 1.12. The summed E-state index contributed by atoms with van der Waals surface area (Å²) in [5, 5.41) is 5.24. The van der Waals surface area contributed by atoms with Crippen molar-refractivity contribution in [3.63, 3.8) is 0 Å². The summed E-state index contributed by atoms with van der Waals surface area (Å²) in [6.45, 7) is 10.9. The highest BCUT2D eigenvalue weighted by molar-refractivity contribution is 6.11. The molecule has 0 aliphatic carbocycles. The average Bonchev–Trinajstić information content (AvgIpc) is 3.35. The molecular weight excluding hydrogens is 448 g/mol. The molecule has 7 rings (SSSR count). The molecule has 0 saturated carbocycles. The van der Waals surface area contributed by atoms with Gasteiger partial charge in [0, 0.05) is 32.9 Å². The van der Waals surface area contributed by atoms with Gasteiger partial charge >= 0.3 is 0 Å². The lowest BCUT2D eigenvalue weighted by Crippen LogP contribution is -2.00. The molecule has 2 nitrogen and oxygen atoms in total. The molecule has 0 spiro atoms. The number of hydrogen-bond donors (Lipinski definition) is 0. The Morgan fingerprint density at radius 3 is 0.919 bits per heavy atom. The summed E-state index contributed by atoms with van der Waals surface area (Å²) in [4.78, 5) is 0. The molecule has 2 heterocycles. The molecule has 0 aliphatic rings. The zero-order valence-corrected chi connectivity index (χ0v) is 22.1. The zero-order chi connectivity index (χ0) is 25.4. The number of hydrogen-bond acceptors (Lipinski definition) is 0. The number of aryl methyl sites for hydroxylation is 5. The maximum absolute atomic E-state index is 2.43. The Hall–Kier alpha value is -4.30.